The van der Waals surface area contributed by atoms with Crippen molar-refractivity contribution in [1.29, 1.82) is 0 Å². The molecule has 1 aliphatic rings. The fraction of sp³-hybridized carbons (Fsp3) is 0.125. The minimum Gasteiger partial charge on any atom is -0.464 e. The predicted molar refractivity (Wildman–Crippen MR) is 86.4 cm³/mol. The van der Waals surface area contributed by atoms with Gasteiger partial charge in [-0.05, 0) is 30.3 Å². The Hall–Kier alpha value is -2.35. The first-order chi connectivity index (χ1) is 10.9. The number of benzene rings is 2. The standard InChI is InChI=1S/C16H16N2O4S/c17-23(20,21)13-7-5-12(6-8-13)18-9-11-10-22-15-4-2-1-3-14(15)16(11)19/h1-8,10,16,18-19H,9H2,(H2,17,20,21). The molecule has 1 atom stereocenters. The molecule has 4 N–H and O–H groups in total. The van der Waals surface area contributed by atoms with Gasteiger partial charge in [-0.3, -0.25) is 0 Å². The van der Waals surface area contributed by atoms with Crippen molar-refractivity contribution in [2.45, 2.75) is 11.0 Å². The summed E-state index contributed by atoms with van der Waals surface area (Å²) in [4.78, 5) is 0.0530. The Kier molecular flexibility index (Phi) is 4.08. The lowest BCUT2D eigenvalue weighted by molar-refractivity contribution is 0.198. The van der Waals surface area contributed by atoms with E-state index in [1.165, 1.54) is 18.4 Å². The summed E-state index contributed by atoms with van der Waals surface area (Å²) in [6.45, 7) is 0.365. The number of nitrogens with one attached hydrogen (secondary N) is 1. The zero-order valence-corrected chi connectivity index (χ0v) is 13.0. The Morgan fingerprint density at radius 2 is 1.83 bits per heavy atom. The quantitative estimate of drug-likeness (QED) is 0.792. The lowest BCUT2D eigenvalue weighted by Gasteiger charge is -2.23. The van der Waals surface area contributed by atoms with E-state index in [2.05, 4.69) is 5.32 Å². The summed E-state index contributed by atoms with van der Waals surface area (Å²) in [5.41, 5.74) is 2.11. The van der Waals surface area contributed by atoms with Crippen LogP contribution in [0.1, 0.15) is 11.7 Å². The van der Waals surface area contributed by atoms with Crippen molar-refractivity contribution in [2.75, 3.05) is 11.9 Å². The second kappa shape index (κ2) is 6.04. The highest BCUT2D eigenvalue weighted by atomic mass is 32.2. The number of anilines is 1. The molecule has 0 fully saturated rings. The van der Waals surface area contributed by atoms with Crippen molar-refractivity contribution in [3.8, 4) is 5.75 Å². The number of hydrogen-bond acceptors (Lipinski definition) is 5. The van der Waals surface area contributed by atoms with Gasteiger partial charge in [-0.25, -0.2) is 13.6 Å². The Morgan fingerprint density at radius 1 is 1.13 bits per heavy atom. The summed E-state index contributed by atoms with van der Waals surface area (Å²) in [6.07, 6.45) is 0.787. The van der Waals surface area contributed by atoms with E-state index in [0.717, 1.165) is 5.56 Å². The topological polar surface area (TPSA) is 102 Å². The van der Waals surface area contributed by atoms with Crippen molar-refractivity contribution in [2.24, 2.45) is 5.14 Å². The minimum absolute atomic E-state index is 0.0530. The maximum absolute atomic E-state index is 11.2. The number of sulfonamides is 1. The fourth-order valence-corrected chi connectivity index (χ4v) is 2.84. The number of primary sulfonamides is 1. The van der Waals surface area contributed by atoms with Crippen LogP contribution in [0, 0.1) is 0 Å². The lowest BCUT2D eigenvalue weighted by Crippen LogP contribution is -2.17. The number of nitrogens with two attached hydrogens (primary N) is 1. The van der Waals surface area contributed by atoms with Crippen molar-refractivity contribution in [1.82, 2.24) is 0 Å². The van der Waals surface area contributed by atoms with Crippen molar-refractivity contribution >= 4 is 15.7 Å². The molecule has 0 radical (unpaired) electrons. The summed E-state index contributed by atoms with van der Waals surface area (Å²) in [5.74, 6) is 0.640. The van der Waals surface area contributed by atoms with Crippen LogP contribution in [0.3, 0.4) is 0 Å². The van der Waals surface area contributed by atoms with Gasteiger partial charge >= 0.3 is 0 Å². The summed E-state index contributed by atoms with van der Waals surface area (Å²) < 4.78 is 27.9. The average molecular weight is 332 g/mol. The van der Waals surface area contributed by atoms with Crippen LogP contribution >= 0.6 is 0 Å². The third-order valence-electron chi connectivity index (χ3n) is 3.58. The molecule has 0 saturated carbocycles. The molecule has 0 spiro atoms. The molecule has 6 nitrogen and oxygen atoms in total. The first kappa shape index (κ1) is 15.5. The smallest absolute Gasteiger partial charge is 0.238 e. The average Bonchev–Trinajstić information content (AvgIpc) is 2.54. The highest BCUT2D eigenvalue weighted by Crippen LogP contribution is 2.34. The normalized spacial score (nSPS) is 17.0. The van der Waals surface area contributed by atoms with Crippen LogP contribution < -0.4 is 15.2 Å². The first-order valence-corrected chi connectivity index (χ1v) is 8.49. The van der Waals surface area contributed by atoms with Gasteiger partial charge in [-0.15, -0.1) is 0 Å². The summed E-state index contributed by atoms with van der Waals surface area (Å²) >= 11 is 0. The predicted octanol–water partition coefficient (Wildman–Crippen LogP) is 1.76. The van der Waals surface area contributed by atoms with E-state index < -0.39 is 16.1 Å². The monoisotopic (exact) mass is 332 g/mol. The number of rotatable bonds is 4. The van der Waals surface area contributed by atoms with E-state index in [0.29, 0.717) is 23.6 Å². The molecule has 120 valence electrons. The maximum Gasteiger partial charge on any atom is 0.238 e. The molecule has 2 aromatic carbocycles. The van der Waals surface area contributed by atoms with Gasteiger partial charge in [0.05, 0.1) is 11.2 Å². The van der Waals surface area contributed by atoms with Gasteiger partial charge < -0.3 is 15.2 Å². The molecular formula is C16H16N2O4S. The van der Waals surface area contributed by atoms with Gasteiger partial charge in [0.1, 0.15) is 11.9 Å². The van der Waals surface area contributed by atoms with Crippen LogP contribution in [0.15, 0.2) is 65.3 Å². The van der Waals surface area contributed by atoms with Gasteiger partial charge in [-0.2, -0.15) is 0 Å². The number of aliphatic hydroxyl groups excluding tert-OH is 1. The highest BCUT2D eigenvalue weighted by molar-refractivity contribution is 7.89. The van der Waals surface area contributed by atoms with Crippen molar-refractivity contribution < 1.29 is 18.3 Å². The molecule has 0 saturated heterocycles. The first-order valence-electron chi connectivity index (χ1n) is 6.94. The van der Waals surface area contributed by atoms with E-state index >= 15 is 0 Å². The zero-order valence-electron chi connectivity index (χ0n) is 12.1. The molecule has 2 aromatic rings. The Bertz CT molecular complexity index is 845. The molecule has 1 heterocycles. The summed E-state index contributed by atoms with van der Waals surface area (Å²) in [7, 11) is -3.70. The van der Waals surface area contributed by atoms with Crippen LogP contribution in [0.25, 0.3) is 0 Å². The summed E-state index contributed by atoms with van der Waals surface area (Å²) in [5, 5.41) is 18.5. The minimum atomic E-state index is -3.70. The van der Waals surface area contributed by atoms with Crippen LogP contribution in [-0.2, 0) is 10.0 Å². The van der Waals surface area contributed by atoms with Crippen LogP contribution in [-0.4, -0.2) is 20.1 Å². The van der Waals surface area contributed by atoms with Gasteiger partial charge in [0.15, 0.2) is 0 Å². The van der Waals surface area contributed by atoms with E-state index in [-0.39, 0.29) is 4.90 Å². The van der Waals surface area contributed by atoms with Crippen molar-refractivity contribution in [3.63, 3.8) is 0 Å². The summed E-state index contributed by atoms with van der Waals surface area (Å²) in [6, 6.07) is 13.4. The molecule has 3 rings (SSSR count). The number of hydrogen-bond donors (Lipinski definition) is 3. The molecule has 0 amide bonds. The molecular weight excluding hydrogens is 316 g/mol. The van der Waals surface area contributed by atoms with Gasteiger partial charge in [0.2, 0.25) is 10.0 Å². The second-order valence-electron chi connectivity index (χ2n) is 5.17. The highest BCUT2D eigenvalue weighted by Gasteiger charge is 2.22. The number of fused-ring (bicyclic) bond motifs is 1. The molecule has 0 bridgehead atoms. The van der Waals surface area contributed by atoms with Gasteiger partial charge in [0, 0.05) is 23.4 Å². The molecule has 23 heavy (non-hydrogen) atoms. The third-order valence-corrected chi connectivity index (χ3v) is 4.51. The molecule has 0 aliphatic carbocycles. The number of aliphatic hydroxyl groups is 1. The Labute approximate surface area is 134 Å². The largest absolute Gasteiger partial charge is 0.464 e. The molecule has 1 unspecified atom stereocenters. The van der Waals surface area contributed by atoms with Crippen LogP contribution in [0.5, 0.6) is 5.75 Å². The zero-order chi connectivity index (χ0) is 16.4. The fourth-order valence-electron chi connectivity index (χ4n) is 2.32. The Balaban J connectivity index is 1.69. The number of para-hydroxylation sites is 1. The maximum atomic E-state index is 11.2. The van der Waals surface area contributed by atoms with E-state index in [1.807, 2.05) is 18.2 Å². The van der Waals surface area contributed by atoms with E-state index in [9.17, 15) is 13.5 Å². The SMILES string of the molecule is NS(=O)(=O)c1ccc(NCC2=COc3ccccc3C2O)cc1. The molecule has 7 heteroatoms. The van der Waals surface area contributed by atoms with Crippen molar-refractivity contribution in [3.05, 3.63) is 65.9 Å². The number of ether oxygens (including phenoxy) is 1. The van der Waals surface area contributed by atoms with Crippen LogP contribution in [0.2, 0.25) is 0 Å². The second-order valence-corrected chi connectivity index (χ2v) is 6.74. The van der Waals surface area contributed by atoms with E-state index in [1.54, 1.807) is 18.2 Å². The van der Waals surface area contributed by atoms with E-state index in [4.69, 9.17) is 9.88 Å². The molecule has 1 aliphatic heterocycles. The van der Waals surface area contributed by atoms with Crippen LogP contribution in [0.4, 0.5) is 5.69 Å². The van der Waals surface area contributed by atoms with Gasteiger partial charge in [0.25, 0.3) is 0 Å². The van der Waals surface area contributed by atoms with Gasteiger partial charge in [-0.1, -0.05) is 18.2 Å². The third kappa shape index (κ3) is 3.37. The lowest BCUT2D eigenvalue weighted by atomic mass is 10.00. The Morgan fingerprint density at radius 3 is 2.52 bits per heavy atom. The molecule has 0 aromatic heterocycles.